The summed E-state index contributed by atoms with van der Waals surface area (Å²) in [5, 5.41) is 14.2. The van der Waals surface area contributed by atoms with Crippen LogP contribution in [0, 0.1) is 10.1 Å². The van der Waals surface area contributed by atoms with Gasteiger partial charge in [0.05, 0.1) is 4.92 Å². The quantitative estimate of drug-likeness (QED) is 0.475. The fourth-order valence-electron chi connectivity index (χ4n) is 1.25. The third kappa shape index (κ3) is 3.67. The van der Waals surface area contributed by atoms with Crippen molar-refractivity contribution in [3.63, 3.8) is 0 Å². The Hall–Kier alpha value is -1.33. The maximum absolute atomic E-state index is 10.7. The molecular weight excluding hydrogens is 232 g/mol. The van der Waals surface area contributed by atoms with Crippen LogP contribution in [0.25, 0.3) is 0 Å². The van der Waals surface area contributed by atoms with Gasteiger partial charge in [-0.2, -0.15) is 0 Å². The lowest BCUT2D eigenvalue weighted by atomic mass is 10.2. The third-order valence-corrected chi connectivity index (χ3v) is 2.23. The van der Waals surface area contributed by atoms with Crippen molar-refractivity contribution in [1.82, 2.24) is 0 Å². The molecule has 0 radical (unpaired) electrons. The summed E-state index contributed by atoms with van der Waals surface area (Å²) in [6.45, 7) is 1.22. The number of hydrogen-bond acceptors (Lipinski definition) is 4. The standard InChI is InChI=1S/C10H13ClN2O3/c1-16-6-2-5-12-9-7-8(11)3-4-10(9)13(14)15/h3-4,7,12H,2,5-6H2,1H3. The molecule has 0 bridgehead atoms. The molecule has 0 atom stereocenters. The predicted molar refractivity (Wildman–Crippen MR) is 63.1 cm³/mol. The molecule has 0 aliphatic carbocycles. The van der Waals surface area contributed by atoms with Gasteiger partial charge in [0.2, 0.25) is 0 Å². The summed E-state index contributed by atoms with van der Waals surface area (Å²) in [6.07, 6.45) is 0.778. The molecule has 0 saturated carbocycles. The first-order valence-electron chi connectivity index (χ1n) is 4.82. The van der Waals surface area contributed by atoms with E-state index in [4.69, 9.17) is 16.3 Å². The fraction of sp³-hybridized carbons (Fsp3) is 0.400. The van der Waals surface area contributed by atoms with E-state index < -0.39 is 4.92 Å². The zero-order valence-electron chi connectivity index (χ0n) is 8.90. The number of rotatable bonds is 6. The maximum atomic E-state index is 10.7. The van der Waals surface area contributed by atoms with Gasteiger partial charge in [-0.15, -0.1) is 0 Å². The normalized spacial score (nSPS) is 10.1. The van der Waals surface area contributed by atoms with Gasteiger partial charge in [0.1, 0.15) is 5.69 Å². The van der Waals surface area contributed by atoms with Crippen molar-refractivity contribution in [2.75, 3.05) is 25.6 Å². The Morgan fingerprint density at radius 1 is 1.56 bits per heavy atom. The number of ether oxygens (including phenoxy) is 1. The molecule has 0 aromatic heterocycles. The molecule has 1 aromatic carbocycles. The van der Waals surface area contributed by atoms with Crippen LogP contribution in [0.5, 0.6) is 0 Å². The lowest BCUT2D eigenvalue weighted by molar-refractivity contribution is -0.384. The molecule has 6 heteroatoms. The Balaban J connectivity index is 2.68. The second kappa shape index (κ2) is 6.30. The number of nitrogens with zero attached hydrogens (tertiary/aromatic N) is 1. The molecule has 0 aliphatic heterocycles. The SMILES string of the molecule is COCCCNc1cc(Cl)ccc1[N+](=O)[O-]. The number of anilines is 1. The van der Waals surface area contributed by atoms with Crippen molar-refractivity contribution < 1.29 is 9.66 Å². The van der Waals surface area contributed by atoms with E-state index in [-0.39, 0.29) is 5.69 Å². The van der Waals surface area contributed by atoms with Gasteiger partial charge >= 0.3 is 0 Å². The minimum atomic E-state index is -0.436. The van der Waals surface area contributed by atoms with Gasteiger partial charge in [0.15, 0.2) is 0 Å². The van der Waals surface area contributed by atoms with Crippen LogP contribution in [0.4, 0.5) is 11.4 Å². The molecule has 88 valence electrons. The lowest BCUT2D eigenvalue weighted by Crippen LogP contribution is -2.06. The summed E-state index contributed by atoms with van der Waals surface area (Å²) in [6, 6.07) is 4.44. The van der Waals surface area contributed by atoms with Gasteiger partial charge in [0, 0.05) is 31.4 Å². The fourth-order valence-corrected chi connectivity index (χ4v) is 1.42. The number of nitrogens with one attached hydrogen (secondary N) is 1. The van der Waals surface area contributed by atoms with Crippen LogP contribution in [0.15, 0.2) is 18.2 Å². The zero-order chi connectivity index (χ0) is 12.0. The Bertz CT molecular complexity index is 371. The Kier molecular flexibility index (Phi) is 5.01. The summed E-state index contributed by atoms with van der Waals surface area (Å²) in [7, 11) is 1.61. The van der Waals surface area contributed by atoms with Gasteiger partial charge in [-0.05, 0) is 18.6 Å². The van der Waals surface area contributed by atoms with E-state index in [2.05, 4.69) is 5.32 Å². The van der Waals surface area contributed by atoms with E-state index in [0.29, 0.717) is 23.9 Å². The van der Waals surface area contributed by atoms with Gasteiger partial charge in [0.25, 0.3) is 5.69 Å². The Morgan fingerprint density at radius 2 is 2.31 bits per heavy atom. The largest absolute Gasteiger partial charge is 0.385 e. The number of methoxy groups -OCH3 is 1. The Labute approximate surface area is 98.5 Å². The molecule has 0 spiro atoms. The smallest absolute Gasteiger partial charge is 0.292 e. The summed E-state index contributed by atoms with van der Waals surface area (Å²) < 4.78 is 4.88. The topological polar surface area (TPSA) is 64.4 Å². The highest BCUT2D eigenvalue weighted by atomic mass is 35.5. The third-order valence-electron chi connectivity index (χ3n) is 2.00. The van der Waals surface area contributed by atoms with Crippen molar-refractivity contribution in [2.24, 2.45) is 0 Å². The molecule has 1 rings (SSSR count). The molecule has 0 saturated heterocycles. The first kappa shape index (κ1) is 12.7. The average molecular weight is 245 g/mol. The zero-order valence-corrected chi connectivity index (χ0v) is 9.66. The number of halogens is 1. The van der Waals surface area contributed by atoms with Crippen LogP contribution in [0.2, 0.25) is 5.02 Å². The highest BCUT2D eigenvalue weighted by Gasteiger charge is 2.12. The van der Waals surface area contributed by atoms with Crippen molar-refractivity contribution in [2.45, 2.75) is 6.42 Å². The molecular formula is C10H13ClN2O3. The summed E-state index contributed by atoms with van der Waals surface area (Å²) >= 11 is 5.77. The van der Waals surface area contributed by atoms with E-state index in [1.54, 1.807) is 13.2 Å². The minimum Gasteiger partial charge on any atom is -0.385 e. The summed E-state index contributed by atoms with van der Waals surface area (Å²) in [5.41, 5.74) is 0.468. The second-order valence-corrected chi connectivity index (χ2v) is 3.63. The van der Waals surface area contributed by atoms with Crippen molar-refractivity contribution in [1.29, 1.82) is 0 Å². The van der Waals surface area contributed by atoms with Gasteiger partial charge in [-0.3, -0.25) is 10.1 Å². The van der Waals surface area contributed by atoms with E-state index >= 15 is 0 Å². The average Bonchev–Trinajstić information content (AvgIpc) is 2.24. The molecule has 5 nitrogen and oxygen atoms in total. The monoisotopic (exact) mass is 244 g/mol. The molecule has 0 unspecified atom stereocenters. The van der Waals surface area contributed by atoms with Crippen LogP contribution in [0.3, 0.4) is 0 Å². The number of nitro benzene ring substituents is 1. The molecule has 1 N–H and O–H groups in total. The lowest BCUT2D eigenvalue weighted by Gasteiger charge is -2.06. The molecule has 0 amide bonds. The van der Waals surface area contributed by atoms with E-state index in [9.17, 15) is 10.1 Å². The first-order valence-corrected chi connectivity index (χ1v) is 5.19. The number of benzene rings is 1. The van der Waals surface area contributed by atoms with Crippen LogP contribution >= 0.6 is 11.6 Å². The van der Waals surface area contributed by atoms with Crippen LogP contribution < -0.4 is 5.32 Å². The van der Waals surface area contributed by atoms with E-state index in [0.717, 1.165) is 6.42 Å². The van der Waals surface area contributed by atoms with Gasteiger partial charge < -0.3 is 10.1 Å². The van der Waals surface area contributed by atoms with Crippen LogP contribution in [0.1, 0.15) is 6.42 Å². The van der Waals surface area contributed by atoms with Crippen LogP contribution in [-0.2, 0) is 4.74 Å². The number of nitro groups is 1. The number of hydrogen-bond donors (Lipinski definition) is 1. The maximum Gasteiger partial charge on any atom is 0.292 e. The molecule has 0 fully saturated rings. The van der Waals surface area contributed by atoms with Crippen LogP contribution in [-0.4, -0.2) is 25.2 Å². The molecule has 16 heavy (non-hydrogen) atoms. The van der Waals surface area contributed by atoms with Gasteiger partial charge in [-0.25, -0.2) is 0 Å². The van der Waals surface area contributed by atoms with Crippen molar-refractivity contribution in [3.05, 3.63) is 33.3 Å². The summed E-state index contributed by atoms with van der Waals surface area (Å²) in [5.74, 6) is 0. The summed E-state index contributed by atoms with van der Waals surface area (Å²) in [4.78, 5) is 10.3. The van der Waals surface area contributed by atoms with Gasteiger partial charge in [-0.1, -0.05) is 11.6 Å². The molecule has 0 heterocycles. The van der Waals surface area contributed by atoms with E-state index in [1.165, 1.54) is 12.1 Å². The van der Waals surface area contributed by atoms with E-state index in [1.807, 2.05) is 0 Å². The molecule has 0 aliphatic rings. The Morgan fingerprint density at radius 3 is 2.94 bits per heavy atom. The highest BCUT2D eigenvalue weighted by molar-refractivity contribution is 6.31. The predicted octanol–water partition coefficient (Wildman–Crippen LogP) is 2.70. The van der Waals surface area contributed by atoms with Crippen molar-refractivity contribution >= 4 is 23.0 Å². The van der Waals surface area contributed by atoms with Crippen molar-refractivity contribution in [3.8, 4) is 0 Å². The second-order valence-electron chi connectivity index (χ2n) is 3.19. The highest BCUT2D eigenvalue weighted by Crippen LogP contribution is 2.27. The first-order chi connectivity index (χ1) is 7.65. The molecule has 1 aromatic rings. The minimum absolute atomic E-state index is 0.0295.